The van der Waals surface area contributed by atoms with E-state index in [9.17, 15) is 0 Å². The van der Waals surface area contributed by atoms with E-state index in [1.165, 1.54) is 21.5 Å². The van der Waals surface area contributed by atoms with Crippen LogP contribution in [0, 0.1) is 5.41 Å². The lowest BCUT2D eigenvalue weighted by Crippen LogP contribution is -2.13. The number of hydrogen-bond donors (Lipinski definition) is 2. The van der Waals surface area contributed by atoms with Crippen LogP contribution in [0.3, 0.4) is 0 Å². The van der Waals surface area contributed by atoms with Gasteiger partial charge in [-0.05, 0) is 33.2 Å². The van der Waals surface area contributed by atoms with Crippen LogP contribution in [0.2, 0.25) is 0 Å². The maximum Gasteiger partial charge on any atom is 0.0950 e. The fourth-order valence-electron chi connectivity index (χ4n) is 2.49. The van der Waals surface area contributed by atoms with Crippen molar-refractivity contribution in [3.8, 4) is 0 Å². The zero-order valence-electron chi connectivity index (χ0n) is 9.98. The van der Waals surface area contributed by atoms with Gasteiger partial charge in [-0.15, -0.1) is 0 Å². The molecule has 0 heterocycles. The highest BCUT2D eigenvalue weighted by Gasteiger charge is 2.07. The molecule has 0 fully saturated rings. The largest absolute Gasteiger partial charge is 0.387 e. The van der Waals surface area contributed by atoms with Crippen molar-refractivity contribution >= 4 is 27.4 Å². The highest BCUT2D eigenvalue weighted by atomic mass is 14.7. The first-order valence-corrected chi connectivity index (χ1v) is 5.98. The van der Waals surface area contributed by atoms with E-state index in [1.54, 1.807) is 0 Å². The summed E-state index contributed by atoms with van der Waals surface area (Å²) in [6, 6.07) is 18.7. The normalized spacial score (nSPS) is 10.9. The number of amidine groups is 1. The molecule has 0 unspecified atom stereocenters. The molecule has 3 aromatic rings. The fourth-order valence-corrected chi connectivity index (χ4v) is 2.49. The van der Waals surface area contributed by atoms with Gasteiger partial charge in [0.25, 0.3) is 0 Å². The number of hydrogen-bond acceptors (Lipinski definition) is 1. The molecule has 0 aromatic heterocycles. The van der Waals surface area contributed by atoms with Crippen LogP contribution in [0.1, 0.15) is 5.56 Å². The van der Waals surface area contributed by atoms with Gasteiger partial charge in [-0.3, -0.25) is 5.41 Å². The molecule has 3 aromatic carbocycles. The lowest BCUT2D eigenvalue weighted by atomic mass is 9.95. The lowest BCUT2D eigenvalue weighted by molar-refractivity contribution is 1.28. The van der Waals surface area contributed by atoms with Crippen LogP contribution >= 0.6 is 0 Å². The minimum absolute atomic E-state index is 0.205. The minimum atomic E-state index is 0.205. The summed E-state index contributed by atoms with van der Waals surface area (Å²) in [6.45, 7) is 0. The van der Waals surface area contributed by atoms with Crippen molar-refractivity contribution < 1.29 is 0 Å². The van der Waals surface area contributed by atoms with Crippen LogP contribution < -0.4 is 5.73 Å². The predicted molar refractivity (Wildman–Crippen MR) is 77.1 cm³/mol. The third-order valence-corrected chi connectivity index (χ3v) is 3.25. The van der Waals surface area contributed by atoms with Gasteiger partial charge in [0.15, 0.2) is 0 Å². The zero-order valence-corrected chi connectivity index (χ0v) is 9.98. The Kier molecular flexibility index (Phi) is 2.49. The first-order valence-electron chi connectivity index (χ1n) is 5.98. The van der Waals surface area contributed by atoms with Gasteiger partial charge >= 0.3 is 0 Å². The van der Waals surface area contributed by atoms with E-state index in [4.69, 9.17) is 11.1 Å². The van der Waals surface area contributed by atoms with Crippen molar-refractivity contribution in [1.82, 2.24) is 0 Å². The van der Waals surface area contributed by atoms with Crippen molar-refractivity contribution in [3.63, 3.8) is 0 Å². The number of benzene rings is 3. The van der Waals surface area contributed by atoms with Crippen molar-refractivity contribution in [2.45, 2.75) is 6.42 Å². The van der Waals surface area contributed by atoms with Crippen molar-refractivity contribution in [3.05, 3.63) is 60.2 Å². The van der Waals surface area contributed by atoms with E-state index in [0.29, 0.717) is 6.42 Å². The van der Waals surface area contributed by atoms with Gasteiger partial charge < -0.3 is 5.73 Å². The van der Waals surface area contributed by atoms with Gasteiger partial charge in [-0.2, -0.15) is 0 Å². The molecule has 18 heavy (non-hydrogen) atoms. The van der Waals surface area contributed by atoms with Crippen molar-refractivity contribution in [2.24, 2.45) is 5.73 Å². The molecule has 3 N–H and O–H groups in total. The molecule has 0 atom stereocenters. The quantitative estimate of drug-likeness (QED) is 0.398. The number of fused-ring (bicyclic) bond motifs is 2. The number of nitrogens with two attached hydrogens (primary N) is 1. The summed E-state index contributed by atoms with van der Waals surface area (Å²) in [4.78, 5) is 0. The van der Waals surface area contributed by atoms with E-state index in [-0.39, 0.29) is 5.84 Å². The lowest BCUT2D eigenvalue weighted by Gasteiger charge is -2.10. The molecule has 2 heteroatoms. The molecule has 0 saturated carbocycles. The van der Waals surface area contributed by atoms with Crippen LogP contribution in [0.25, 0.3) is 21.5 Å². The monoisotopic (exact) mass is 234 g/mol. The fraction of sp³-hybridized carbons (Fsp3) is 0.0625. The third kappa shape index (κ3) is 1.72. The molecule has 0 radical (unpaired) electrons. The maximum atomic E-state index is 7.56. The van der Waals surface area contributed by atoms with Crippen LogP contribution in [0.4, 0.5) is 0 Å². The number of nitrogens with one attached hydrogen (secondary N) is 1. The molecule has 3 rings (SSSR count). The highest BCUT2D eigenvalue weighted by Crippen LogP contribution is 2.28. The Morgan fingerprint density at radius 3 is 1.89 bits per heavy atom. The molecule has 0 saturated heterocycles. The van der Waals surface area contributed by atoms with Gasteiger partial charge in [0.1, 0.15) is 0 Å². The molecule has 0 amide bonds. The Bertz CT molecular complexity index is 690. The average molecular weight is 234 g/mol. The van der Waals surface area contributed by atoms with Gasteiger partial charge in [0, 0.05) is 6.42 Å². The van der Waals surface area contributed by atoms with Crippen LogP contribution in [-0.2, 0) is 6.42 Å². The molecule has 2 nitrogen and oxygen atoms in total. The second-order valence-electron chi connectivity index (χ2n) is 4.50. The Morgan fingerprint density at radius 2 is 1.39 bits per heavy atom. The topological polar surface area (TPSA) is 49.9 Å². The van der Waals surface area contributed by atoms with Crippen LogP contribution in [0.15, 0.2) is 54.6 Å². The zero-order chi connectivity index (χ0) is 12.5. The molecular formula is C16H14N2. The van der Waals surface area contributed by atoms with E-state index in [1.807, 2.05) is 24.3 Å². The third-order valence-electron chi connectivity index (χ3n) is 3.25. The molecule has 0 aliphatic rings. The van der Waals surface area contributed by atoms with E-state index < -0.39 is 0 Å². The SMILES string of the molecule is N=C(N)Cc1c2ccccc2cc2ccccc12. The summed E-state index contributed by atoms with van der Waals surface area (Å²) >= 11 is 0. The summed E-state index contributed by atoms with van der Waals surface area (Å²) in [5.74, 6) is 0.205. The molecule has 0 aliphatic heterocycles. The van der Waals surface area contributed by atoms with Crippen molar-refractivity contribution in [1.29, 1.82) is 5.41 Å². The molecular weight excluding hydrogens is 220 g/mol. The van der Waals surface area contributed by atoms with Gasteiger partial charge in [0.05, 0.1) is 5.84 Å². The smallest absolute Gasteiger partial charge is 0.0950 e. The average Bonchev–Trinajstić information content (AvgIpc) is 2.38. The highest BCUT2D eigenvalue weighted by molar-refractivity contribution is 6.04. The van der Waals surface area contributed by atoms with Gasteiger partial charge in [0.2, 0.25) is 0 Å². The Morgan fingerprint density at radius 1 is 0.889 bits per heavy atom. The molecule has 88 valence electrons. The molecule has 0 aliphatic carbocycles. The predicted octanol–water partition coefficient (Wildman–Crippen LogP) is 3.47. The van der Waals surface area contributed by atoms with Gasteiger partial charge in [-0.25, -0.2) is 0 Å². The second-order valence-corrected chi connectivity index (χ2v) is 4.50. The first kappa shape index (κ1) is 10.8. The van der Waals surface area contributed by atoms with Crippen LogP contribution in [0.5, 0.6) is 0 Å². The Labute approximate surface area is 106 Å². The van der Waals surface area contributed by atoms with Crippen LogP contribution in [-0.4, -0.2) is 5.84 Å². The first-order chi connectivity index (χ1) is 8.75. The van der Waals surface area contributed by atoms with Gasteiger partial charge in [-0.1, -0.05) is 48.5 Å². The molecule has 0 bridgehead atoms. The number of rotatable bonds is 2. The summed E-state index contributed by atoms with van der Waals surface area (Å²) in [5, 5.41) is 12.3. The summed E-state index contributed by atoms with van der Waals surface area (Å²) in [6.07, 6.45) is 0.502. The Hall–Kier alpha value is -2.35. The van der Waals surface area contributed by atoms with E-state index in [2.05, 4.69) is 30.3 Å². The standard InChI is InChI=1S/C16H14N2/c17-16(18)10-15-13-7-3-1-5-11(13)9-12-6-2-4-8-14(12)15/h1-9H,10H2,(H3,17,18). The van der Waals surface area contributed by atoms with Crippen molar-refractivity contribution in [2.75, 3.05) is 0 Å². The summed E-state index contributed by atoms with van der Waals surface area (Å²) < 4.78 is 0. The summed E-state index contributed by atoms with van der Waals surface area (Å²) in [5.41, 5.74) is 6.74. The Balaban J connectivity index is 2.45. The van der Waals surface area contributed by atoms with E-state index >= 15 is 0 Å². The molecule has 0 spiro atoms. The maximum absolute atomic E-state index is 7.56. The minimum Gasteiger partial charge on any atom is -0.387 e. The second kappa shape index (κ2) is 4.15. The van der Waals surface area contributed by atoms with E-state index in [0.717, 1.165) is 5.56 Å². The summed E-state index contributed by atoms with van der Waals surface area (Å²) in [7, 11) is 0.